The highest BCUT2D eigenvalue weighted by Gasteiger charge is 2.11. The lowest BCUT2D eigenvalue weighted by Gasteiger charge is -2.07. The molecule has 0 unspecified atom stereocenters. The third kappa shape index (κ3) is 4.18. The lowest BCUT2D eigenvalue weighted by Crippen LogP contribution is -2.13. The summed E-state index contributed by atoms with van der Waals surface area (Å²) < 4.78 is 0. The van der Waals surface area contributed by atoms with E-state index >= 15 is 0 Å². The minimum Gasteiger partial charge on any atom is -0.481 e. The average molecular weight is 325 g/mol. The normalized spacial score (nSPS) is 10.2. The molecular formula is C14H10Cl2N2O3. The molecule has 2 N–H and O–H groups in total. The van der Waals surface area contributed by atoms with Crippen LogP contribution in [-0.4, -0.2) is 22.0 Å². The van der Waals surface area contributed by atoms with Crippen LogP contribution in [0.15, 0.2) is 36.5 Å². The lowest BCUT2D eigenvalue weighted by atomic mass is 10.2. The smallest absolute Gasteiger partial charge is 0.309 e. The second kappa shape index (κ2) is 6.56. The third-order valence-electron chi connectivity index (χ3n) is 2.59. The maximum atomic E-state index is 12.0. The van der Waals surface area contributed by atoms with Gasteiger partial charge < -0.3 is 10.4 Å². The van der Waals surface area contributed by atoms with Crippen LogP contribution in [0.2, 0.25) is 10.0 Å². The van der Waals surface area contributed by atoms with E-state index in [0.29, 0.717) is 16.4 Å². The number of pyridine rings is 1. The quantitative estimate of drug-likeness (QED) is 0.904. The number of carbonyl (C=O) groups excluding carboxylic acids is 1. The van der Waals surface area contributed by atoms with E-state index in [1.54, 1.807) is 12.1 Å². The topological polar surface area (TPSA) is 79.3 Å². The molecule has 1 aromatic heterocycles. The monoisotopic (exact) mass is 324 g/mol. The van der Waals surface area contributed by atoms with Gasteiger partial charge in [-0.15, -0.1) is 0 Å². The van der Waals surface area contributed by atoms with E-state index in [2.05, 4.69) is 10.3 Å². The van der Waals surface area contributed by atoms with Crippen LogP contribution in [0.5, 0.6) is 0 Å². The maximum absolute atomic E-state index is 12.0. The van der Waals surface area contributed by atoms with Crippen molar-refractivity contribution in [2.24, 2.45) is 0 Å². The Hall–Kier alpha value is -2.11. The number of halogens is 2. The number of rotatable bonds is 4. The summed E-state index contributed by atoms with van der Waals surface area (Å²) >= 11 is 11.7. The first-order valence-corrected chi connectivity index (χ1v) is 6.64. The summed E-state index contributed by atoms with van der Waals surface area (Å²) in [7, 11) is 0. The number of benzene rings is 1. The number of nitrogens with one attached hydrogen (secondary N) is 1. The van der Waals surface area contributed by atoms with E-state index in [-0.39, 0.29) is 17.0 Å². The molecule has 0 atom stereocenters. The van der Waals surface area contributed by atoms with Gasteiger partial charge in [0.2, 0.25) is 0 Å². The SMILES string of the molecule is O=C(O)Cc1ccc(NC(=O)c2ccc(Cl)cc2Cl)cn1. The number of nitrogens with zero attached hydrogens (tertiary/aromatic N) is 1. The molecule has 0 aliphatic carbocycles. The van der Waals surface area contributed by atoms with Gasteiger partial charge in [0.05, 0.1) is 34.6 Å². The van der Waals surface area contributed by atoms with Crippen LogP contribution in [0.1, 0.15) is 16.1 Å². The highest BCUT2D eigenvalue weighted by Crippen LogP contribution is 2.22. The van der Waals surface area contributed by atoms with Gasteiger partial charge in [0.15, 0.2) is 0 Å². The number of amides is 1. The third-order valence-corrected chi connectivity index (χ3v) is 3.14. The van der Waals surface area contributed by atoms with Crippen LogP contribution in [0, 0.1) is 0 Å². The van der Waals surface area contributed by atoms with Crippen LogP contribution in [0.3, 0.4) is 0 Å². The molecule has 5 nitrogen and oxygen atoms in total. The maximum Gasteiger partial charge on any atom is 0.309 e. The van der Waals surface area contributed by atoms with Crippen molar-refractivity contribution in [1.29, 1.82) is 0 Å². The van der Waals surface area contributed by atoms with Gasteiger partial charge in [-0.2, -0.15) is 0 Å². The Labute approximate surface area is 130 Å². The summed E-state index contributed by atoms with van der Waals surface area (Å²) in [5.74, 6) is -1.36. The Bertz CT molecular complexity index is 687. The van der Waals surface area contributed by atoms with Gasteiger partial charge in [0.1, 0.15) is 0 Å². The van der Waals surface area contributed by atoms with Crippen molar-refractivity contribution >= 4 is 40.8 Å². The lowest BCUT2D eigenvalue weighted by molar-refractivity contribution is -0.136. The number of anilines is 1. The van der Waals surface area contributed by atoms with E-state index in [4.69, 9.17) is 28.3 Å². The minimum atomic E-state index is -0.966. The molecule has 2 aromatic rings. The van der Waals surface area contributed by atoms with Crippen LogP contribution in [-0.2, 0) is 11.2 Å². The minimum absolute atomic E-state index is 0.169. The summed E-state index contributed by atoms with van der Waals surface area (Å²) in [6.07, 6.45) is 1.22. The molecule has 0 saturated carbocycles. The second-order valence-electron chi connectivity index (χ2n) is 4.19. The van der Waals surface area contributed by atoms with E-state index < -0.39 is 11.9 Å². The first kappa shape index (κ1) is 15.3. The number of carboxylic acid groups (broad SMARTS) is 1. The molecule has 0 spiro atoms. The second-order valence-corrected chi connectivity index (χ2v) is 5.03. The van der Waals surface area contributed by atoms with Crippen LogP contribution in [0.25, 0.3) is 0 Å². The zero-order chi connectivity index (χ0) is 15.4. The van der Waals surface area contributed by atoms with Gasteiger partial charge in [-0.25, -0.2) is 0 Å². The van der Waals surface area contributed by atoms with Crippen LogP contribution in [0.4, 0.5) is 5.69 Å². The fraction of sp³-hybridized carbons (Fsp3) is 0.0714. The Kier molecular flexibility index (Phi) is 4.77. The zero-order valence-corrected chi connectivity index (χ0v) is 12.1. The predicted molar refractivity (Wildman–Crippen MR) is 80.0 cm³/mol. The molecule has 0 bridgehead atoms. The molecule has 0 aliphatic rings. The van der Waals surface area contributed by atoms with Gasteiger partial charge in [0.25, 0.3) is 5.91 Å². The number of hydrogen-bond donors (Lipinski definition) is 2. The fourth-order valence-corrected chi connectivity index (χ4v) is 2.12. The summed E-state index contributed by atoms with van der Waals surface area (Å²) in [5, 5.41) is 12.0. The van der Waals surface area contributed by atoms with Crippen molar-refractivity contribution in [2.75, 3.05) is 5.32 Å². The molecule has 0 fully saturated rings. The molecular weight excluding hydrogens is 315 g/mol. The first-order chi connectivity index (χ1) is 9.95. The summed E-state index contributed by atoms with van der Waals surface area (Å²) in [4.78, 5) is 26.5. The van der Waals surface area contributed by atoms with Crippen molar-refractivity contribution in [3.8, 4) is 0 Å². The molecule has 7 heteroatoms. The van der Waals surface area contributed by atoms with Crippen molar-refractivity contribution < 1.29 is 14.7 Å². The number of carboxylic acids is 1. The van der Waals surface area contributed by atoms with Gasteiger partial charge in [-0.1, -0.05) is 23.2 Å². The standard InChI is InChI=1S/C14H10Cl2N2O3/c15-8-1-4-11(12(16)5-8)14(21)18-10-3-2-9(17-7-10)6-13(19)20/h1-5,7H,6H2,(H,18,21)(H,19,20). The Balaban J connectivity index is 2.10. The van der Waals surface area contributed by atoms with Crippen molar-refractivity contribution in [3.05, 3.63) is 57.8 Å². The molecule has 0 radical (unpaired) electrons. The highest BCUT2D eigenvalue weighted by atomic mass is 35.5. The summed E-state index contributed by atoms with van der Waals surface area (Å²) in [6.45, 7) is 0. The average Bonchev–Trinajstić information content (AvgIpc) is 2.40. The Morgan fingerprint density at radius 2 is 1.95 bits per heavy atom. The van der Waals surface area contributed by atoms with Crippen molar-refractivity contribution in [3.63, 3.8) is 0 Å². The number of hydrogen-bond acceptors (Lipinski definition) is 3. The molecule has 0 saturated heterocycles. The Morgan fingerprint density at radius 1 is 1.19 bits per heavy atom. The molecule has 0 aliphatic heterocycles. The zero-order valence-electron chi connectivity index (χ0n) is 10.6. The van der Waals surface area contributed by atoms with E-state index in [1.165, 1.54) is 24.4 Å². The van der Waals surface area contributed by atoms with Gasteiger partial charge in [0, 0.05) is 5.02 Å². The van der Waals surface area contributed by atoms with E-state index in [0.717, 1.165) is 0 Å². The number of carbonyl (C=O) groups is 2. The summed E-state index contributed by atoms with van der Waals surface area (Å²) in [5.41, 5.74) is 1.14. The summed E-state index contributed by atoms with van der Waals surface area (Å²) in [6, 6.07) is 7.68. The van der Waals surface area contributed by atoms with Crippen LogP contribution >= 0.6 is 23.2 Å². The van der Waals surface area contributed by atoms with Crippen LogP contribution < -0.4 is 5.32 Å². The molecule has 1 heterocycles. The Morgan fingerprint density at radius 3 is 2.52 bits per heavy atom. The van der Waals surface area contributed by atoms with E-state index in [9.17, 15) is 9.59 Å². The molecule has 1 aromatic carbocycles. The first-order valence-electron chi connectivity index (χ1n) is 5.89. The fourth-order valence-electron chi connectivity index (χ4n) is 1.63. The highest BCUT2D eigenvalue weighted by molar-refractivity contribution is 6.37. The van der Waals surface area contributed by atoms with E-state index in [1.807, 2.05) is 0 Å². The molecule has 1 amide bonds. The van der Waals surface area contributed by atoms with Gasteiger partial charge in [-0.05, 0) is 30.3 Å². The molecule has 2 rings (SSSR count). The largest absolute Gasteiger partial charge is 0.481 e. The van der Waals surface area contributed by atoms with Gasteiger partial charge >= 0.3 is 5.97 Å². The molecule has 108 valence electrons. The molecule has 21 heavy (non-hydrogen) atoms. The predicted octanol–water partition coefficient (Wildman–Crippen LogP) is 3.27. The van der Waals surface area contributed by atoms with Gasteiger partial charge in [-0.3, -0.25) is 14.6 Å². The van der Waals surface area contributed by atoms with Crippen molar-refractivity contribution in [2.45, 2.75) is 6.42 Å². The number of aromatic nitrogens is 1. The number of aliphatic carboxylic acids is 1. The van der Waals surface area contributed by atoms with Crippen molar-refractivity contribution in [1.82, 2.24) is 4.98 Å².